The summed E-state index contributed by atoms with van der Waals surface area (Å²) in [5, 5.41) is 0.156. The summed E-state index contributed by atoms with van der Waals surface area (Å²) in [5.74, 6) is 2.46. The highest BCUT2D eigenvalue weighted by atomic mass is 28.4. The van der Waals surface area contributed by atoms with Crippen LogP contribution in [0.2, 0.25) is 18.1 Å². The molecule has 0 atom stereocenters. The number of aromatic amines is 1. The predicted molar refractivity (Wildman–Crippen MR) is 97.7 cm³/mol. The number of hydrogen-bond acceptors (Lipinski definition) is 5. The highest BCUT2D eigenvalue weighted by Gasteiger charge is 2.37. The van der Waals surface area contributed by atoms with Crippen LogP contribution in [0.1, 0.15) is 26.6 Å². The Balaban J connectivity index is 2.38. The highest BCUT2D eigenvalue weighted by Crippen LogP contribution is 2.42. The average molecular weight is 353 g/mol. The summed E-state index contributed by atoms with van der Waals surface area (Å²) >= 11 is 0. The van der Waals surface area contributed by atoms with Crippen molar-refractivity contribution in [3.05, 3.63) is 11.9 Å². The zero-order valence-corrected chi connectivity index (χ0v) is 16.9. The SMILES string of the molecule is COc1cc2[nH]c(CO[Si](C)(C)C(C)(C)C)nc2c(OC)c1OC. The summed E-state index contributed by atoms with van der Waals surface area (Å²) in [4.78, 5) is 7.92. The molecular weight excluding hydrogens is 324 g/mol. The van der Waals surface area contributed by atoms with Gasteiger partial charge in [-0.25, -0.2) is 4.98 Å². The minimum Gasteiger partial charge on any atom is -0.493 e. The molecule has 2 aromatic rings. The van der Waals surface area contributed by atoms with Crippen LogP contribution >= 0.6 is 0 Å². The van der Waals surface area contributed by atoms with Gasteiger partial charge in [-0.05, 0) is 18.1 Å². The van der Waals surface area contributed by atoms with Crippen molar-refractivity contribution in [1.29, 1.82) is 0 Å². The van der Waals surface area contributed by atoms with Gasteiger partial charge in [0.15, 0.2) is 19.8 Å². The molecule has 7 heteroatoms. The molecule has 1 N–H and O–H groups in total. The van der Waals surface area contributed by atoms with Gasteiger partial charge in [0, 0.05) is 6.07 Å². The van der Waals surface area contributed by atoms with Gasteiger partial charge < -0.3 is 23.6 Å². The summed E-state index contributed by atoms with van der Waals surface area (Å²) in [6, 6.07) is 1.86. The van der Waals surface area contributed by atoms with Gasteiger partial charge in [-0.1, -0.05) is 20.8 Å². The lowest BCUT2D eigenvalue weighted by molar-refractivity contribution is 0.268. The Labute approximate surface area is 144 Å². The molecule has 0 aliphatic heterocycles. The minimum absolute atomic E-state index is 0.156. The number of fused-ring (bicyclic) bond motifs is 1. The minimum atomic E-state index is -1.83. The lowest BCUT2D eigenvalue weighted by atomic mass is 10.2. The molecule has 1 aromatic carbocycles. The number of nitrogens with one attached hydrogen (secondary N) is 1. The van der Waals surface area contributed by atoms with E-state index in [-0.39, 0.29) is 5.04 Å². The summed E-state index contributed by atoms with van der Waals surface area (Å²) in [6.45, 7) is 11.5. The van der Waals surface area contributed by atoms with Gasteiger partial charge in [-0.3, -0.25) is 0 Å². The Morgan fingerprint density at radius 2 is 1.67 bits per heavy atom. The summed E-state index contributed by atoms with van der Waals surface area (Å²) in [7, 11) is 2.94. The molecule has 1 aromatic heterocycles. The second-order valence-corrected chi connectivity index (χ2v) is 12.1. The molecule has 0 fully saturated rings. The van der Waals surface area contributed by atoms with E-state index in [1.807, 2.05) is 6.07 Å². The maximum Gasteiger partial charge on any atom is 0.205 e. The third-order valence-corrected chi connectivity index (χ3v) is 9.18. The second-order valence-electron chi connectivity index (χ2n) is 7.27. The van der Waals surface area contributed by atoms with Crippen molar-refractivity contribution in [2.75, 3.05) is 21.3 Å². The van der Waals surface area contributed by atoms with Gasteiger partial charge in [0.25, 0.3) is 0 Å². The number of aromatic nitrogens is 2. The molecule has 0 aliphatic rings. The summed E-state index contributed by atoms with van der Waals surface area (Å²) in [5.41, 5.74) is 1.54. The third kappa shape index (κ3) is 3.37. The van der Waals surface area contributed by atoms with Crippen LogP contribution < -0.4 is 14.2 Å². The lowest BCUT2D eigenvalue weighted by Gasteiger charge is -2.35. The van der Waals surface area contributed by atoms with Gasteiger partial charge in [0.2, 0.25) is 5.75 Å². The molecule has 2 rings (SSSR count). The molecule has 0 spiro atoms. The number of imidazole rings is 1. The largest absolute Gasteiger partial charge is 0.493 e. The fraction of sp³-hybridized carbons (Fsp3) is 0.588. The Morgan fingerprint density at radius 1 is 1.04 bits per heavy atom. The van der Waals surface area contributed by atoms with Crippen molar-refractivity contribution in [3.63, 3.8) is 0 Å². The Morgan fingerprint density at radius 3 is 2.17 bits per heavy atom. The van der Waals surface area contributed by atoms with Gasteiger partial charge in [-0.15, -0.1) is 0 Å². The summed E-state index contributed by atoms with van der Waals surface area (Å²) in [6.07, 6.45) is 0. The van der Waals surface area contributed by atoms with E-state index in [0.717, 1.165) is 11.3 Å². The molecule has 0 unspecified atom stereocenters. The Bertz CT molecular complexity index is 719. The fourth-order valence-electron chi connectivity index (χ4n) is 2.20. The number of hydrogen-bond donors (Lipinski definition) is 1. The zero-order chi connectivity index (χ0) is 18.1. The summed E-state index contributed by atoms with van der Waals surface area (Å²) < 4.78 is 22.5. The van der Waals surface area contributed by atoms with E-state index in [9.17, 15) is 0 Å². The van der Waals surface area contributed by atoms with Crippen LogP contribution in [-0.2, 0) is 11.0 Å². The smallest absolute Gasteiger partial charge is 0.205 e. The number of benzene rings is 1. The Hall–Kier alpha value is -1.73. The molecule has 1 heterocycles. The highest BCUT2D eigenvalue weighted by molar-refractivity contribution is 6.74. The first kappa shape index (κ1) is 18.6. The topological polar surface area (TPSA) is 65.6 Å². The predicted octanol–water partition coefficient (Wildman–Crippen LogP) is 4.11. The van der Waals surface area contributed by atoms with E-state index in [4.69, 9.17) is 18.6 Å². The monoisotopic (exact) mass is 352 g/mol. The van der Waals surface area contributed by atoms with Gasteiger partial charge in [-0.2, -0.15) is 0 Å². The van der Waals surface area contributed by atoms with Crippen LogP contribution in [0.3, 0.4) is 0 Å². The molecule has 134 valence electrons. The number of rotatable bonds is 6. The zero-order valence-electron chi connectivity index (χ0n) is 15.9. The average Bonchev–Trinajstić information content (AvgIpc) is 2.92. The van der Waals surface area contributed by atoms with Crippen molar-refractivity contribution in [2.45, 2.75) is 45.5 Å². The van der Waals surface area contributed by atoms with E-state index in [1.165, 1.54) is 0 Å². The van der Waals surface area contributed by atoms with Crippen LogP contribution in [0.5, 0.6) is 17.2 Å². The van der Waals surface area contributed by atoms with E-state index < -0.39 is 8.32 Å². The maximum atomic E-state index is 6.24. The van der Waals surface area contributed by atoms with Crippen molar-refractivity contribution in [3.8, 4) is 17.2 Å². The maximum absolute atomic E-state index is 6.24. The van der Waals surface area contributed by atoms with Crippen molar-refractivity contribution < 1.29 is 18.6 Å². The molecule has 0 saturated heterocycles. The molecule has 24 heavy (non-hydrogen) atoms. The molecule has 0 aliphatic carbocycles. The molecule has 0 saturated carbocycles. The van der Waals surface area contributed by atoms with Crippen LogP contribution in [0.25, 0.3) is 11.0 Å². The first-order chi connectivity index (χ1) is 11.1. The molecule has 0 bridgehead atoms. The third-order valence-electron chi connectivity index (χ3n) is 4.71. The number of ether oxygens (including phenoxy) is 3. The van der Waals surface area contributed by atoms with Crippen LogP contribution in [0.4, 0.5) is 0 Å². The molecule has 0 radical (unpaired) electrons. The lowest BCUT2D eigenvalue weighted by Crippen LogP contribution is -2.40. The normalized spacial score (nSPS) is 12.5. The van der Waals surface area contributed by atoms with Crippen molar-refractivity contribution in [2.24, 2.45) is 0 Å². The number of nitrogens with zero attached hydrogens (tertiary/aromatic N) is 1. The van der Waals surface area contributed by atoms with Gasteiger partial charge in [0.1, 0.15) is 11.3 Å². The van der Waals surface area contributed by atoms with Crippen molar-refractivity contribution >= 4 is 19.4 Å². The van der Waals surface area contributed by atoms with Gasteiger partial charge >= 0.3 is 0 Å². The number of H-pyrrole nitrogens is 1. The van der Waals surface area contributed by atoms with Crippen LogP contribution in [0, 0.1) is 0 Å². The van der Waals surface area contributed by atoms with Crippen LogP contribution in [-0.4, -0.2) is 39.6 Å². The quantitative estimate of drug-likeness (QED) is 0.793. The van der Waals surface area contributed by atoms with E-state index in [2.05, 4.69) is 43.8 Å². The fourth-order valence-corrected chi connectivity index (χ4v) is 3.13. The Kier molecular flexibility index (Phi) is 5.15. The van der Waals surface area contributed by atoms with E-state index in [0.29, 0.717) is 29.4 Å². The van der Waals surface area contributed by atoms with E-state index in [1.54, 1.807) is 21.3 Å². The number of methoxy groups -OCH3 is 3. The molecular formula is C17H28N2O4Si. The first-order valence-corrected chi connectivity index (χ1v) is 10.9. The standard InChI is InChI=1S/C17H28N2O4Si/c1-17(2,3)24(7,8)23-10-13-18-11-9-12(20-4)15(21-5)16(22-6)14(11)19-13/h9H,10H2,1-8H3,(H,18,19). The van der Waals surface area contributed by atoms with Gasteiger partial charge in [0.05, 0.1) is 33.5 Å². The van der Waals surface area contributed by atoms with Crippen LogP contribution in [0.15, 0.2) is 6.07 Å². The molecule has 0 amide bonds. The molecule has 6 nitrogen and oxygen atoms in total. The first-order valence-electron chi connectivity index (χ1n) is 7.96. The van der Waals surface area contributed by atoms with E-state index >= 15 is 0 Å². The van der Waals surface area contributed by atoms with Crippen molar-refractivity contribution in [1.82, 2.24) is 9.97 Å². The second kappa shape index (κ2) is 6.64.